The van der Waals surface area contributed by atoms with Crippen LogP contribution in [0.15, 0.2) is 52.1 Å². The zero-order valence-corrected chi connectivity index (χ0v) is 21.1. The van der Waals surface area contributed by atoms with E-state index >= 15 is 0 Å². The Bertz CT molecular complexity index is 863. The smallest absolute Gasteiger partial charge is 0.222 e. The molecule has 0 saturated carbocycles. The minimum Gasteiger partial charge on any atom is -0.468 e. The van der Waals surface area contributed by atoms with Gasteiger partial charge in [-0.05, 0) is 55.6 Å². The lowest BCUT2D eigenvalue weighted by Crippen LogP contribution is -2.42. The van der Waals surface area contributed by atoms with Crippen molar-refractivity contribution in [2.24, 2.45) is 4.99 Å². The van der Waals surface area contributed by atoms with Crippen LogP contribution in [0.1, 0.15) is 48.6 Å². The van der Waals surface area contributed by atoms with Crippen molar-refractivity contribution in [2.45, 2.75) is 44.8 Å². The van der Waals surface area contributed by atoms with Crippen LogP contribution in [-0.2, 0) is 17.9 Å². The van der Waals surface area contributed by atoms with Crippen LogP contribution in [0.2, 0.25) is 0 Å². The van der Waals surface area contributed by atoms with Crippen LogP contribution in [-0.4, -0.2) is 54.9 Å². The molecule has 1 unspecified atom stereocenters. The average Bonchev–Trinajstić information content (AvgIpc) is 3.56. The molecule has 2 N–H and O–H groups in total. The van der Waals surface area contributed by atoms with Gasteiger partial charge in [0.25, 0.3) is 0 Å². The molecule has 2 aromatic rings. The molecule has 2 saturated heterocycles. The van der Waals surface area contributed by atoms with Crippen LogP contribution in [0.25, 0.3) is 0 Å². The molecule has 2 aliphatic heterocycles. The first-order chi connectivity index (χ1) is 15.2. The molecule has 2 fully saturated rings. The first-order valence-corrected chi connectivity index (χ1v) is 11.3. The van der Waals surface area contributed by atoms with E-state index in [0.29, 0.717) is 19.5 Å². The van der Waals surface area contributed by atoms with E-state index in [0.717, 1.165) is 44.3 Å². The van der Waals surface area contributed by atoms with Crippen LogP contribution in [0.5, 0.6) is 0 Å². The van der Waals surface area contributed by atoms with Gasteiger partial charge in [0.05, 0.1) is 12.3 Å². The SMILES string of the molecule is CN=C(NCc1ccc(CN2CCCC2=O)cc1)NCC(c1ccco1)N1CCCC1.I. The van der Waals surface area contributed by atoms with Gasteiger partial charge in [-0.25, -0.2) is 0 Å². The van der Waals surface area contributed by atoms with Crippen LogP contribution >= 0.6 is 24.0 Å². The van der Waals surface area contributed by atoms with Gasteiger partial charge >= 0.3 is 0 Å². The summed E-state index contributed by atoms with van der Waals surface area (Å²) >= 11 is 0. The summed E-state index contributed by atoms with van der Waals surface area (Å²) in [5, 5.41) is 6.86. The monoisotopic (exact) mass is 551 g/mol. The molecule has 0 aliphatic carbocycles. The topological polar surface area (TPSA) is 73.1 Å². The van der Waals surface area contributed by atoms with E-state index in [-0.39, 0.29) is 35.9 Å². The molecule has 174 valence electrons. The number of carbonyl (C=O) groups excluding carboxylic acids is 1. The lowest BCUT2D eigenvalue weighted by Gasteiger charge is -2.26. The fraction of sp³-hybridized carbons (Fsp3) is 0.500. The van der Waals surface area contributed by atoms with Gasteiger partial charge in [0.2, 0.25) is 5.91 Å². The fourth-order valence-electron chi connectivity index (χ4n) is 4.40. The highest BCUT2D eigenvalue weighted by atomic mass is 127. The predicted molar refractivity (Wildman–Crippen MR) is 137 cm³/mol. The molecule has 1 aromatic carbocycles. The number of guanidine groups is 1. The molecule has 0 spiro atoms. The minimum absolute atomic E-state index is 0. The maximum atomic E-state index is 11.8. The van der Waals surface area contributed by atoms with Crippen LogP contribution in [0, 0.1) is 0 Å². The van der Waals surface area contributed by atoms with E-state index in [1.807, 2.05) is 11.0 Å². The van der Waals surface area contributed by atoms with Gasteiger partial charge in [-0.15, -0.1) is 24.0 Å². The number of rotatable bonds is 8. The standard InChI is InChI=1S/C24H33N5O2.HI/c1-25-24(27-17-21(22-6-5-15-31-22)28-12-2-3-13-28)26-16-19-8-10-20(11-9-19)18-29-14-4-7-23(29)30;/h5-6,8-11,15,21H,2-4,7,12-14,16-18H2,1H3,(H2,25,26,27);1H. The number of furan rings is 1. The van der Waals surface area contributed by atoms with E-state index < -0.39 is 0 Å². The zero-order chi connectivity index (χ0) is 21.5. The van der Waals surface area contributed by atoms with Crippen molar-refractivity contribution in [3.63, 3.8) is 0 Å². The summed E-state index contributed by atoms with van der Waals surface area (Å²) in [4.78, 5) is 20.6. The summed E-state index contributed by atoms with van der Waals surface area (Å²) in [6.45, 7) is 5.23. The number of benzene rings is 1. The highest BCUT2D eigenvalue weighted by molar-refractivity contribution is 14.0. The maximum absolute atomic E-state index is 11.8. The van der Waals surface area contributed by atoms with Crippen LogP contribution in [0.4, 0.5) is 0 Å². The predicted octanol–water partition coefficient (Wildman–Crippen LogP) is 3.52. The first-order valence-electron chi connectivity index (χ1n) is 11.3. The Hall–Kier alpha value is -2.07. The molecular formula is C24H34IN5O2. The van der Waals surface area contributed by atoms with E-state index in [2.05, 4.69) is 50.9 Å². The number of likely N-dealkylation sites (tertiary alicyclic amines) is 2. The molecule has 3 heterocycles. The Morgan fingerprint density at radius 3 is 2.44 bits per heavy atom. The van der Waals surface area contributed by atoms with Gasteiger partial charge in [0.15, 0.2) is 5.96 Å². The quantitative estimate of drug-likeness (QED) is 0.299. The van der Waals surface area contributed by atoms with Crippen molar-refractivity contribution in [3.8, 4) is 0 Å². The third-order valence-corrected chi connectivity index (χ3v) is 6.17. The van der Waals surface area contributed by atoms with E-state index in [4.69, 9.17) is 4.42 Å². The third kappa shape index (κ3) is 6.48. The molecule has 8 heteroatoms. The fourth-order valence-corrected chi connectivity index (χ4v) is 4.40. The minimum atomic E-state index is 0. The van der Waals surface area contributed by atoms with Gasteiger partial charge < -0.3 is 20.0 Å². The second kappa shape index (κ2) is 12.2. The summed E-state index contributed by atoms with van der Waals surface area (Å²) in [7, 11) is 1.79. The Labute approximate surface area is 207 Å². The largest absolute Gasteiger partial charge is 0.468 e. The van der Waals surface area contributed by atoms with Crippen molar-refractivity contribution in [2.75, 3.05) is 33.2 Å². The van der Waals surface area contributed by atoms with Crippen LogP contribution < -0.4 is 10.6 Å². The Balaban J connectivity index is 0.00000289. The number of nitrogens with zero attached hydrogens (tertiary/aromatic N) is 3. The maximum Gasteiger partial charge on any atom is 0.222 e. The van der Waals surface area contributed by atoms with Gasteiger partial charge in [-0.2, -0.15) is 0 Å². The number of hydrogen-bond acceptors (Lipinski definition) is 4. The number of aliphatic imine (C=N–C) groups is 1. The van der Waals surface area contributed by atoms with Crippen molar-refractivity contribution in [1.82, 2.24) is 20.4 Å². The molecule has 32 heavy (non-hydrogen) atoms. The van der Waals surface area contributed by atoms with Gasteiger partial charge in [-0.1, -0.05) is 24.3 Å². The summed E-state index contributed by atoms with van der Waals surface area (Å²) in [5.41, 5.74) is 2.36. The second-order valence-electron chi connectivity index (χ2n) is 8.32. The molecule has 1 aromatic heterocycles. The lowest BCUT2D eigenvalue weighted by molar-refractivity contribution is -0.128. The molecule has 4 rings (SSSR count). The summed E-state index contributed by atoms with van der Waals surface area (Å²) in [5.74, 6) is 2.04. The number of carbonyl (C=O) groups is 1. The third-order valence-electron chi connectivity index (χ3n) is 6.17. The number of halogens is 1. The summed E-state index contributed by atoms with van der Waals surface area (Å²) in [6, 6.07) is 12.7. The highest BCUT2D eigenvalue weighted by Crippen LogP contribution is 2.24. The first kappa shape index (κ1) is 24.6. The van der Waals surface area contributed by atoms with E-state index in [1.54, 1.807) is 13.3 Å². The molecule has 0 radical (unpaired) electrons. The number of nitrogens with one attached hydrogen (secondary N) is 2. The van der Waals surface area contributed by atoms with Gasteiger partial charge in [0, 0.05) is 39.6 Å². The van der Waals surface area contributed by atoms with Crippen molar-refractivity contribution in [1.29, 1.82) is 0 Å². The van der Waals surface area contributed by atoms with E-state index in [9.17, 15) is 4.79 Å². The zero-order valence-electron chi connectivity index (χ0n) is 18.8. The van der Waals surface area contributed by atoms with Gasteiger partial charge in [-0.3, -0.25) is 14.7 Å². The van der Waals surface area contributed by atoms with Gasteiger partial charge in [0.1, 0.15) is 5.76 Å². The molecule has 1 amide bonds. The average molecular weight is 551 g/mol. The Kier molecular flexibility index (Phi) is 9.40. The molecular weight excluding hydrogens is 517 g/mol. The second-order valence-corrected chi connectivity index (χ2v) is 8.32. The normalized spacial score (nSPS) is 18.0. The lowest BCUT2D eigenvalue weighted by atomic mass is 10.1. The highest BCUT2D eigenvalue weighted by Gasteiger charge is 2.25. The molecule has 7 nitrogen and oxygen atoms in total. The molecule has 1 atom stereocenters. The summed E-state index contributed by atoms with van der Waals surface area (Å²) < 4.78 is 5.70. The molecule has 0 bridgehead atoms. The molecule has 2 aliphatic rings. The summed E-state index contributed by atoms with van der Waals surface area (Å²) in [6.07, 6.45) is 5.89. The van der Waals surface area contributed by atoms with E-state index in [1.165, 1.54) is 24.0 Å². The van der Waals surface area contributed by atoms with Crippen molar-refractivity contribution >= 4 is 35.8 Å². The van der Waals surface area contributed by atoms with Crippen molar-refractivity contribution in [3.05, 3.63) is 59.5 Å². The number of amides is 1. The number of hydrogen-bond donors (Lipinski definition) is 2. The van der Waals surface area contributed by atoms with Crippen LogP contribution in [0.3, 0.4) is 0 Å². The Morgan fingerprint density at radius 2 is 1.81 bits per heavy atom. The Morgan fingerprint density at radius 1 is 1.06 bits per heavy atom. The van der Waals surface area contributed by atoms with Crippen molar-refractivity contribution < 1.29 is 9.21 Å².